The first-order chi connectivity index (χ1) is 18.4. The highest BCUT2D eigenvalue weighted by Crippen LogP contribution is 2.45. The number of carbonyl (C=O) groups is 1. The van der Waals surface area contributed by atoms with Gasteiger partial charge < -0.3 is 15.7 Å². The Bertz CT molecular complexity index is 1600. The van der Waals surface area contributed by atoms with Crippen LogP contribution >= 0.6 is 0 Å². The van der Waals surface area contributed by atoms with Crippen LogP contribution in [0, 0.1) is 0 Å². The lowest BCUT2D eigenvalue weighted by Crippen LogP contribution is -2.41. The van der Waals surface area contributed by atoms with Crippen LogP contribution in [0.3, 0.4) is 0 Å². The average molecular weight is 532 g/mol. The first kappa shape index (κ1) is 24.4. The lowest BCUT2D eigenvalue weighted by molar-refractivity contribution is 0.185. The van der Waals surface area contributed by atoms with E-state index in [1.165, 1.54) is 3.97 Å². The van der Waals surface area contributed by atoms with E-state index in [-0.39, 0.29) is 17.0 Å². The molecule has 1 amide bonds. The van der Waals surface area contributed by atoms with Crippen LogP contribution in [0.1, 0.15) is 50.0 Å². The number of amides is 1. The summed E-state index contributed by atoms with van der Waals surface area (Å²) in [7, 11) is -3.82. The molecular weight excluding hydrogens is 502 g/mol. The van der Waals surface area contributed by atoms with E-state index in [1.54, 1.807) is 36.5 Å². The van der Waals surface area contributed by atoms with Gasteiger partial charge in [-0.1, -0.05) is 36.4 Å². The van der Waals surface area contributed by atoms with Gasteiger partial charge in [-0.3, -0.25) is 0 Å². The lowest BCUT2D eigenvalue weighted by Gasteiger charge is -2.29. The molecule has 0 aliphatic heterocycles. The molecule has 3 N–H and O–H groups in total. The van der Waals surface area contributed by atoms with E-state index < -0.39 is 16.1 Å². The maximum Gasteiger partial charge on any atom is 0.404 e. The Balaban J connectivity index is 1.41. The third-order valence-electron chi connectivity index (χ3n) is 7.40. The number of nitrogens with zero attached hydrogens (tertiary/aromatic N) is 3. The van der Waals surface area contributed by atoms with E-state index in [1.807, 2.05) is 30.5 Å². The summed E-state index contributed by atoms with van der Waals surface area (Å²) >= 11 is 0. The molecule has 2 aliphatic rings. The standard InChI is InChI=1S/C28H29N5O4S/c34-28(35)31-20-8-6-7-19(15-20)30-27-29-16-23(18-13-14-18)26(32-27)24-17-33(25-12-5-4-11-22(24)25)38(36,37)21-9-2-1-3-10-21/h1-5,9-12,16-20,31H,6-8,13-15H2,(H,34,35)(H,29,30,32)/t19-,20+/m1/s1. The molecule has 2 saturated carbocycles. The maximum absolute atomic E-state index is 13.6. The summed E-state index contributed by atoms with van der Waals surface area (Å²) in [5, 5.41) is 15.9. The molecule has 2 fully saturated rings. The van der Waals surface area contributed by atoms with Gasteiger partial charge in [-0.05, 0) is 62.6 Å². The van der Waals surface area contributed by atoms with E-state index in [4.69, 9.17) is 10.1 Å². The van der Waals surface area contributed by atoms with Crippen molar-refractivity contribution in [2.45, 2.75) is 61.4 Å². The third kappa shape index (κ3) is 4.71. The topological polar surface area (TPSA) is 126 Å². The van der Waals surface area contributed by atoms with Gasteiger partial charge in [0.05, 0.1) is 16.1 Å². The fourth-order valence-electron chi connectivity index (χ4n) is 5.42. The van der Waals surface area contributed by atoms with Crippen LogP contribution in [0.5, 0.6) is 0 Å². The molecule has 2 atom stereocenters. The van der Waals surface area contributed by atoms with Gasteiger partial charge in [0.25, 0.3) is 10.0 Å². The lowest BCUT2D eigenvalue weighted by atomic mass is 9.91. The Morgan fingerprint density at radius 3 is 2.47 bits per heavy atom. The molecule has 9 nitrogen and oxygen atoms in total. The predicted molar refractivity (Wildman–Crippen MR) is 145 cm³/mol. The van der Waals surface area contributed by atoms with Crippen LogP contribution in [0.4, 0.5) is 10.7 Å². The third-order valence-corrected chi connectivity index (χ3v) is 9.09. The Labute approximate surface area is 221 Å². The van der Waals surface area contributed by atoms with Crippen molar-refractivity contribution in [2.75, 3.05) is 5.32 Å². The number of nitrogens with one attached hydrogen (secondary N) is 2. The smallest absolute Gasteiger partial charge is 0.404 e. The van der Waals surface area contributed by atoms with E-state index in [9.17, 15) is 13.2 Å². The average Bonchev–Trinajstić information content (AvgIpc) is 3.68. The normalized spacial score (nSPS) is 19.8. The van der Waals surface area contributed by atoms with Gasteiger partial charge in [-0.15, -0.1) is 0 Å². The minimum Gasteiger partial charge on any atom is -0.465 e. The number of hydrogen-bond acceptors (Lipinski definition) is 6. The molecule has 2 aromatic carbocycles. The molecule has 196 valence electrons. The summed E-state index contributed by atoms with van der Waals surface area (Å²) in [5.74, 6) is 0.818. The molecule has 0 bridgehead atoms. The van der Waals surface area contributed by atoms with E-state index in [2.05, 4.69) is 15.6 Å². The monoisotopic (exact) mass is 531 g/mol. The van der Waals surface area contributed by atoms with Crippen molar-refractivity contribution >= 4 is 33.0 Å². The fourth-order valence-corrected chi connectivity index (χ4v) is 6.81. The molecule has 38 heavy (non-hydrogen) atoms. The number of benzene rings is 2. The number of carboxylic acid groups (broad SMARTS) is 1. The molecule has 0 unspecified atom stereocenters. The van der Waals surface area contributed by atoms with Crippen LogP contribution in [0.25, 0.3) is 22.2 Å². The van der Waals surface area contributed by atoms with Crippen molar-refractivity contribution in [3.8, 4) is 11.3 Å². The fraction of sp³-hybridized carbons (Fsp3) is 0.321. The minimum absolute atomic E-state index is 0.0417. The minimum atomic E-state index is -3.82. The largest absolute Gasteiger partial charge is 0.465 e. The van der Waals surface area contributed by atoms with Gasteiger partial charge in [0.1, 0.15) is 0 Å². The Hall–Kier alpha value is -3.92. The van der Waals surface area contributed by atoms with Crippen molar-refractivity contribution in [3.05, 3.63) is 72.6 Å². The number of fused-ring (bicyclic) bond motifs is 1. The van der Waals surface area contributed by atoms with Crippen LogP contribution in [0.15, 0.2) is 71.9 Å². The van der Waals surface area contributed by atoms with Gasteiger partial charge in [-0.2, -0.15) is 0 Å². The number of para-hydroxylation sites is 1. The van der Waals surface area contributed by atoms with Gasteiger partial charge >= 0.3 is 6.09 Å². The highest BCUT2D eigenvalue weighted by atomic mass is 32.2. The summed E-state index contributed by atoms with van der Waals surface area (Å²) in [4.78, 5) is 20.9. The van der Waals surface area contributed by atoms with Crippen LogP contribution in [-0.4, -0.2) is 45.6 Å². The summed E-state index contributed by atoms with van der Waals surface area (Å²) in [6.07, 6.45) is 7.90. The molecule has 4 aromatic rings. The van der Waals surface area contributed by atoms with Crippen LogP contribution < -0.4 is 10.6 Å². The summed E-state index contributed by atoms with van der Waals surface area (Å²) in [6, 6.07) is 15.8. The molecule has 0 saturated heterocycles. The number of rotatable bonds is 7. The maximum atomic E-state index is 13.6. The quantitative estimate of drug-likeness (QED) is 0.299. The second-order valence-corrected chi connectivity index (χ2v) is 11.9. The predicted octanol–water partition coefficient (Wildman–Crippen LogP) is 5.20. The molecular formula is C28H29N5O4S. The first-order valence-electron chi connectivity index (χ1n) is 12.9. The molecule has 2 aromatic heterocycles. The van der Waals surface area contributed by atoms with E-state index in [0.717, 1.165) is 54.3 Å². The zero-order chi connectivity index (χ0) is 26.3. The van der Waals surface area contributed by atoms with Crippen molar-refractivity contribution in [1.29, 1.82) is 0 Å². The zero-order valence-electron chi connectivity index (χ0n) is 20.7. The molecule has 10 heteroatoms. The molecule has 6 rings (SSSR count). The molecule has 0 radical (unpaired) electrons. The van der Waals surface area contributed by atoms with Crippen LogP contribution in [0.2, 0.25) is 0 Å². The second-order valence-electron chi connectivity index (χ2n) is 10.1. The van der Waals surface area contributed by atoms with Crippen molar-refractivity contribution < 1.29 is 18.3 Å². The Morgan fingerprint density at radius 1 is 0.974 bits per heavy atom. The van der Waals surface area contributed by atoms with Gasteiger partial charge in [-0.25, -0.2) is 27.2 Å². The van der Waals surface area contributed by atoms with E-state index >= 15 is 0 Å². The first-order valence-corrected chi connectivity index (χ1v) is 14.4. The van der Waals surface area contributed by atoms with Crippen molar-refractivity contribution in [1.82, 2.24) is 19.3 Å². The highest BCUT2D eigenvalue weighted by Gasteiger charge is 2.31. The summed E-state index contributed by atoms with van der Waals surface area (Å²) in [5.41, 5.74) is 3.10. The number of aromatic nitrogens is 3. The Morgan fingerprint density at radius 2 is 1.71 bits per heavy atom. The zero-order valence-corrected chi connectivity index (χ0v) is 21.6. The molecule has 0 spiro atoms. The molecule has 2 aliphatic carbocycles. The van der Waals surface area contributed by atoms with Gasteiger partial charge in [0, 0.05) is 41.0 Å². The van der Waals surface area contributed by atoms with Gasteiger partial charge in [0.15, 0.2) is 0 Å². The number of anilines is 1. The number of hydrogen-bond donors (Lipinski definition) is 3. The molecule has 2 heterocycles. The van der Waals surface area contributed by atoms with Crippen LogP contribution in [-0.2, 0) is 10.0 Å². The van der Waals surface area contributed by atoms with E-state index in [0.29, 0.717) is 23.8 Å². The van der Waals surface area contributed by atoms with Crippen molar-refractivity contribution in [3.63, 3.8) is 0 Å². The summed E-state index contributed by atoms with van der Waals surface area (Å²) in [6.45, 7) is 0. The summed E-state index contributed by atoms with van der Waals surface area (Å²) < 4.78 is 28.6. The van der Waals surface area contributed by atoms with Gasteiger partial charge in [0.2, 0.25) is 5.95 Å². The highest BCUT2D eigenvalue weighted by molar-refractivity contribution is 7.90. The SMILES string of the molecule is O=C(O)N[C@H]1CCC[C@@H](Nc2ncc(C3CC3)c(-c3cn(S(=O)(=O)c4ccccc4)c4ccccc34)n2)C1. The Kier molecular flexibility index (Phi) is 6.27. The van der Waals surface area contributed by atoms with Crippen molar-refractivity contribution in [2.24, 2.45) is 0 Å². The second kappa shape index (κ2) is 9.75.